The molecule has 0 aliphatic carbocycles. The van der Waals surface area contributed by atoms with E-state index in [0.29, 0.717) is 11.4 Å². The molecule has 0 aliphatic heterocycles. The van der Waals surface area contributed by atoms with Crippen LogP contribution >= 0.6 is 11.6 Å². The zero-order chi connectivity index (χ0) is 14.7. The van der Waals surface area contributed by atoms with Crippen molar-refractivity contribution in [1.82, 2.24) is 0 Å². The predicted molar refractivity (Wildman–Crippen MR) is 81.4 cm³/mol. The summed E-state index contributed by atoms with van der Waals surface area (Å²) in [6.45, 7) is 4.08. The van der Waals surface area contributed by atoms with E-state index >= 15 is 0 Å². The Morgan fingerprint density at radius 1 is 1.15 bits per heavy atom. The Morgan fingerprint density at radius 2 is 1.90 bits per heavy atom. The molecular formula is C17H17ClO2. The Kier molecular flexibility index (Phi) is 4.46. The standard InChI is InChI=1S/C17H17ClO2/c1-11-6-7-13(8-12(11)2)9-16(17(19)20)14-4-3-5-15(18)10-14/h3-8,10,16H,9H2,1-2H3,(H,19,20). The lowest BCUT2D eigenvalue weighted by Crippen LogP contribution is -2.14. The highest BCUT2D eigenvalue weighted by molar-refractivity contribution is 6.30. The van der Waals surface area contributed by atoms with Gasteiger partial charge in [0, 0.05) is 5.02 Å². The first-order valence-corrected chi connectivity index (χ1v) is 6.89. The third kappa shape index (κ3) is 3.40. The molecule has 0 aromatic heterocycles. The van der Waals surface area contributed by atoms with Crippen molar-refractivity contribution in [3.05, 3.63) is 69.7 Å². The molecule has 1 unspecified atom stereocenters. The highest BCUT2D eigenvalue weighted by atomic mass is 35.5. The van der Waals surface area contributed by atoms with Crippen LogP contribution in [0.2, 0.25) is 5.02 Å². The van der Waals surface area contributed by atoms with Crippen LogP contribution in [0, 0.1) is 13.8 Å². The predicted octanol–water partition coefficient (Wildman–Crippen LogP) is 4.37. The number of benzene rings is 2. The highest BCUT2D eigenvalue weighted by Crippen LogP contribution is 2.24. The van der Waals surface area contributed by atoms with Crippen molar-refractivity contribution < 1.29 is 9.90 Å². The molecule has 0 spiro atoms. The molecule has 0 aliphatic rings. The Bertz CT molecular complexity index is 635. The average Bonchev–Trinajstić information content (AvgIpc) is 2.39. The molecule has 3 heteroatoms. The minimum Gasteiger partial charge on any atom is -0.481 e. The third-order valence-electron chi connectivity index (χ3n) is 3.56. The van der Waals surface area contributed by atoms with E-state index in [1.54, 1.807) is 18.2 Å². The number of aliphatic carboxylic acids is 1. The number of halogens is 1. The van der Waals surface area contributed by atoms with Gasteiger partial charge in [0.2, 0.25) is 0 Å². The molecule has 0 fully saturated rings. The van der Waals surface area contributed by atoms with Gasteiger partial charge in [-0.2, -0.15) is 0 Å². The lowest BCUT2D eigenvalue weighted by atomic mass is 9.91. The van der Waals surface area contributed by atoms with Crippen LogP contribution in [0.1, 0.15) is 28.2 Å². The lowest BCUT2D eigenvalue weighted by Gasteiger charge is -2.14. The molecular weight excluding hydrogens is 272 g/mol. The van der Waals surface area contributed by atoms with Gasteiger partial charge in [-0.1, -0.05) is 41.9 Å². The van der Waals surface area contributed by atoms with E-state index in [0.717, 1.165) is 11.1 Å². The van der Waals surface area contributed by atoms with Crippen molar-refractivity contribution in [1.29, 1.82) is 0 Å². The summed E-state index contributed by atoms with van der Waals surface area (Å²) in [5.41, 5.74) is 4.16. The van der Waals surface area contributed by atoms with Gasteiger partial charge in [-0.15, -0.1) is 0 Å². The first-order chi connectivity index (χ1) is 9.47. The zero-order valence-electron chi connectivity index (χ0n) is 11.6. The molecule has 0 radical (unpaired) electrons. The summed E-state index contributed by atoms with van der Waals surface area (Å²) in [6.07, 6.45) is 0.469. The van der Waals surface area contributed by atoms with Crippen molar-refractivity contribution in [2.24, 2.45) is 0 Å². The summed E-state index contributed by atoms with van der Waals surface area (Å²) >= 11 is 5.95. The number of rotatable bonds is 4. The molecule has 104 valence electrons. The number of carbonyl (C=O) groups is 1. The quantitative estimate of drug-likeness (QED) is 0.907. The molecule has 2 rings (SSSR count). The lowest BCUT2D eigenvalue weighted by molar-refractivity contribution is -0.138. The van der Waals surface area contributed by atoms with E-state index in [4.69, 9.17) is 11.6 Å². The van der Waals surface area contributed by atoms with Gasteiger partial charge >= 0.3 is 5.97 Å². The maximum atomic E-state index is 11.5. The summed E-state index contributed by atoms with van der Waals surface area (Å²) in [5, 5.41) is 10.0. The largest absolute Gasteiger partial charge is 0.481 e. The van der Waals surface area contributed by atoms with Crippen LogP contribution in [-0.2, 0) is 11.2 Å². The number of carboxylic acid groups (broad SMARTS) is 1. The van der Waals surface area contributed by atoms with E-state index in [9.17, 15) is 9.90 Å². The Hall–Kier alpha value is -1.80. The normalized spacial score (nSPS) is 12.2. The SMILES string of the molecule is Cc1ccc(CC(C(=O)O)c2cccc(Cl)c2)cc1C. The highest BCUT2D eigenvalue weighted by Gasteiger charge is 2.20. The van der Waals surface area contributed by atoms with Gasteiger partial charge in [-0.3, -0.25) is 4.79 Å². The van der Waals surface area contributed by atoms with Gasteiger partial charge in [0.15, 0.2) is 0 Å². The first-order valence-electron chi connectivity index (χ1n) is 6.52. The summed E-state index contributed by atoms with van der Waals surface area (Å²) in [7, 11) is 0. The first kappa shape index (κ1) is 14.6. The van der Waals surface area contributed by atoms with Gasteiger partial charge in [0.05, 0.1) is 5.92 Å². The topological polar surface area (TPSA) is 37.3 Å². The smallest absolute Gasteiger partial charge is 0.311 e. The third-order valence-corrected chi connectivity index (χ3v) is 3.80. The number of hydrogen-bond donors (Lipinski definition) is 1. The molecule has 0 bridgehead atoms. The number of hydrogen-bond acceptors (Lipinski definition) is 1. The minimum absolute atomic E-state index is 0.469. The Balaban J connectivity index is 2.30. The molecule has 0 amide bonds. The van der Waals surface area contributed by atoms with Crippen LogP contribution in [-0.4, -0.2) is 11.1 Å². The van der Waals surface area contributed by atoms with Crippen LogP contribution in [0.25, 0.3) is 0 Å². The fraction of sp³-hybridized carbons (Fsp3) is 0.235. The van der Waals surface area contributed by atoms with Crippen molar-refractivity contribution in [2.45, 2.75) is 26.2 Å². The second-order valence-corrected chi connectivity index (χ2v) is 5.51. The van der Waals surface area contributed by atoms with E-state index in [2.05, 4.69) is 6.07 Å². The molecule has 2 aromatic rings. The maximum absolute atomic E-state index is 11.5. The summed E-state index contributed by atoms with van der Waals surface area (Å²) in [5.74, 6) is -1.40. The van der Waals surface area contributed by atoms with E-state index in [1.165, 1.54) is 11.1 Å². The van der Waals surface area contributed by atoms with Gasteiger partial charge in [0.1, 0.15) is 0 Å². The zero-order valence-corrected chi connectivity index (χ0v) is 12.3. The molecule has 1 atom stereocenters. The molecule has 1 N–H and O–H groups in total. The summed E-state index contributed by atoms with van der Waals surface area (Å²) < 4.78 is 0. The summed E-state index contributed by atoms with van der Waals surface area (Å²) in [4.78, 5) is 11.5. The van der Waals surface area contributed by atoms with Crippen LogP contribution < -0.4 is 0 Å². The van der Waals surface area contributed by atoms with Gasteiger partial charge in [-0.05, 0) is 54.7 Å². The average molecular weight is 289 g/mol. The van der Waals surface area contributed by atoms with Crippen molar-refractivity contribution in [3.8, 4) is 0 Å². The van der Waals surface area contributed by atoms with Crippen LogP contribution in [0.5, 0.6) is 0 Å². The Labute approximate surface area is 124 Å². The van der Waals surface area contributed by atoms with E-state index in [1.807, 2.05) is 32.0 Å². The molecule has 2 aromatic carbocycles. The minimum atomic E-state index is -0.828. The molecule has 0 saturated heterocycles. The molecule has 2 nitrogen and oxygen atoms in total. The monoisotopic (exact) mass is 288 g/mol. The fourth-order valence-corrected chi connectivity index (χ4v) is 2.44. The van der Waals surface area contributed by atoms with Gasteiger partial charge in [-0.25, -0.2) is 0 Å². The van der Waals surface area contributed by atoms with E-state index < -0.39 is 11.9 Å². The number of carboxylic acids is 1. The van der Waals surface area contributed by atoms with Gasteiger partial charge < -0.3 is 5.11 Å². The molecule has 0 saturated carbocycles. The van der Waals surface area contributed by atoms with E-state index in [-0.39, 0.29) is 0 Å². The van der Waals surface area contributed by atoms with Crippen molar-refractivity contribution in [3.63, 3.8) is 0 Å². The van der Waals surface area contributed by atoms with Crippen LogP contribution in [0.3, 0.4) is 0 Å². The Morgan fingerprint density at radius 3 is 2.50 bits per heavy atom. The summed E-state index contributed by atoms with van der Waals surface area (Å²) in [6, 6.07) is 13.1. The van der Waals surface area contributed by atoms with Crippen LogP contribution in [0.4, 0.5) is 0 Å². The maximum Gasteiger partial charge on any atom is 0.311 e. The fourth-order valence-electron chi connectivity index (χ4n) is 2.24. The molecule has 0 heterocycles. The van der Waals surface area contributed by atoms with Crippen LogP contribution in [0.15, 0.2) is 42.5 Å². The molecule has 20 heavy (non-hydrogen) atoms. The van der Waals surface area contributed by atoms with Crippen molar-refractivity contribution in [2.75, 3.05) is 0 Å². The van der Waals surface area contributed by atoms with Gasteiger partial charge in [0.25, 0.3) is 0 Å². The second-order valence-electron chi connectivity index (χ2n) is 5.07. The van der Waals surface area contributed by atoms with Crippen molar-refractivity contribution >= 4 is 17.6 Å². The number of aryl methyl sites for hydroxylation is 2. The second kappa shape index (κ2) is 6.10.